The smallest absolute Gasteiger partial charge is 0.394 e. The van der Waals surface area contributed by atoms with E-state index in [1.54, 1.807) is 7.05 Å². The van der Waals surface area contributed by atoms with Gasteiger partial charge in [0.25, 0.3) is 0 Å². The van der Waals surface area contributed by atoms with Crippen LogP contribution in [0.25, 0.3) is 0 Å². The summed E-state index contributed by atoms with van der Waals surface area (Å²) in [5, 5.41) is 16.0. The lowest BCUT2D eigenvalue weighted by molar-refractivity contribution is -0.138. The van der Waals surface area contributed by atoms with Crippen LogP contribution < -0.4 is 16.0 Å². The summed E-state index contributed by atoms with van der Waals surface area (Å²) in [7, 11) is 1.63. The SMILES string of the molecule is C=CC(=O)Nc1ccc(Nc2ncc(C(F)(F)F)cc2F)c(C(=N)/C=C\NC)c1. The molecule has 0 saturated heterocycles. The maximum Gasteiger partial charge on any atom is 0.417 e. The number of amides is 1. The molecule has 0 unspecified atom stereocenters. The number of alkyl halides is 3. The van der Waals surface area contributed by atoms with E-state index in [4.69, 9.17) is 5.41 Å². The molecular formula is C19H17F4N5O. The molecule has 1 aromatic carbocycles. The molecule has 0 aliphatic heterocycles. The van der Waals surface area contributed by atoms with Gasteiger partial charge < -0.3 is 21.4 Å². The fourth-order valence-corrected chi connectivity index (χ4v) is 2.22. The monoisotopic (exact) mass is 407 g/mol. The molecule has 0 aliphatic rings. The molecule has 2 rings (SSSR count). The Hall–Kier alpha value is -3.69. The average Bonchev–Trinajstić information content (AvgIpc) is 2.67. The number of hydrogen-bond donors (Lipinski definition) is 4. The van der Waals surface area contributed by atoms with Gasteiger partial charge in [0.2, 0.25) is 5.91 Å². The third kappa shape index (κ3) is 5.64. The zero-order chi connectivity index (χ0) is 21.6. The van der Waals surface area contributed by atoms with Crippen LogP contribution >= 0.6 is 0 Å². The number of carbonyl (C=O) groups excluding carboxylic acids is 1. The molecule has 1 aromatic heterocycles. The number of nitrogens with zero attached hydrogens (tertiary/aromatic N) is 1. The van der Waals surface area contributed by atoms with Gasteiger partial charge in [-0.3, -0.25) is 4.79 Å². The number of nitrogens with one attached hydrogen (secondary N) is 4. The summed E-state index contributed by atoms with van der Waals surface area (Å²) in [6.45, 7) is 3.35. The predicted octanol–water partition coefficient (Wildman–Crippen LogP) is 4.21. The Bertz CT molecular complexity index is 970. The number of carbonyl (C=O) groups is 1. The van der Waals surface area contributed by atoms with Crippen LogP contribution in [0.5, 0.6) is 0 Å². The second-order valence-electron chi connectivity index (χ2n) is 5.67. The topological polar surface area (TPSA) is 89.9 Å². The molecule has 29 heavy (non-hydrogen) atoms. The standard InChI is InChI=1S/C19H17F4N5O/c1-3-17(29)27-12-4-5-16(13(9-12)15(24)6-7-25-2)28-18-14(20)8-11(10-26-18)19(21,22)23/h3-10,24-25H,1H2,2H3,(H,26,28)(H,27,29)/b7-6-,24-15?. The van der Waals surface area contributed by atoms with Crippen LogP contribution in [0.3, 0.4) is 0 Å². The third-order valence-electron chi connectivity index (χ3n) is 3.60. The summed E-state index contributed by atoms with van der Waals surface area (Å²) < 4.78 is 52.2. The molecule has 0 spiro atoms. The van der Waals surface area contributed by atoms with Gasteiger partial charge >= 0.3 is 6.18 Å². The number of aromatic nitrogens is 1. The Morgan fingerprint density at radius 1 is 1.28 bits per heavy atom. The van der Waals surface area contributed by atoms with Gasteiger partial charge in [-0.1, -0.05) is 6.58 Å². The Morgan fingerprint density at radius 3 is 2.59 bits per heavy atom. The largest absolute Gasteiger partial charge is 0.417 e. The Balaban J connectivity index is 2.43. The highest BCUT2D eigenvalue weighted by Gasteiger charge is 2.32. The number of rotatable bonds is 7. The summed E-state index contributed by atoms with van der Waals surface area (Å²) in [4.78, 5) is 15.0. The summed E-state index contributed by atoms with van der Waals surface area (Å²) >= 11 is 0. The fraction of sp³-hybridized carbons (Fsp3) is 0.105. The molecule has 6 nitrogen and oxygen atoms in total. The van der Waals surface area contributed by atoms with Gasteiger partial charge in [0.15, 0.2) is 11.6 Å². The van der Waals surface area contributed by atoms with Crippen LogP contribution in [0.4, 0.5) is 34.8 Å². The second-order valence-corrected chi connectivity index (χ2v) is 5.67. The van der Waals surface area contributed by atoms with E-state index in [1.807, 2.05) is 0 Å². The van der Waals surface area contributed by atoms with E-state index in [-0.39, 0.29) is 17.0 Å². The van der Waals surface area contributed by atoms with Crippen molar-refractivity contribution in [3.8, 4) is 0 Å². The maximum atomic E-state index is 14.1. The molecule has 0 aliphatic carbocycles. The molecular weight excluding hydrogens is 390 g/mol. The van der Waals surface area contributed by atoms with Crippen LogP contribution in [0.1, 0.15) is 11.1 Å². The minimum atomic E-state index is -4.72. The van der Waals surface area contributed by atoms with Gasteiger partial charge in [-0.25, -0.2) is 9.37 Å². The van der Waals surface area contributed by atoms with Crippen molar-refractivity contribution in [2.24, 2.45) is 0 Å². The summed E-state index contributed by atoms with van der Waals surface area (Å²) in [6.07, 6.45) is -0.244. The Labute approximate surface area is 163 Å². The molecule has 10 heteroatoms. The quantitative estimate of drug-likeness (QED) is 0.315. The first kappa shape index (κ1) is 21.6. The first-order valence-electron chi connectivity index (χ1n) is 8.15. The highest BCUT2D eigenvalue weighted by molar-refractivity contribution is 6.11. The minimum absolute atomic E-state index is 0.0103. The van der Waals surface area contributed by atoms with Gasteiger partial charge in [0.05, 0.1) is 11.3 Å². The first-order valence-corrected chi connectivity index (χ1v) is 8.15. The van der Waals surface area contributed by atoms with Crippen LogP contribution in [0, 0.1) is 11.2 Å². The van der Waals surface area contributed by atoms with E-state index < -0.39 is 29.3 Å². The molecule has 4 N–H and O–H groups in total. The lowest BCUT2D eigenvalue weighted by Gasteiger charge is -2.14. The van der Waals surface area contributed by atoms with Crippen LogP contribution in [-0.4, -0.2) is 23.7 Å². The van der Waals surface area contributed by atoms with Gasteiger partial charge in [0.1, 0.15) is 0 Å². The molecule has 1 heterocycles. The van der Waals surface area contributed by atoms with Crippen LogP contribution in [-0.2, 0) is 11.0 Å². The Kier molecular flexibility index (Phi) is 6.71. The zero-order valence-electron chi connectivity index (χ0n) is 15.2. The lowest BCUT2D eigenvalue weighted by Crippen LogP contribution is -2.11. The normalized spacial score (nSPS) is 11.2. The zero-order valence-corrected chi connectivity index (χ0v) is 15.2. The summed E-state index contributed by atoms with van der Waals surface area (Å²) in [5.41, 5.74) is -0.422. The van der Waals surface area contributed by atoms with Crippen molar-refractivity contribution < 1.29 is 22.4 Å². The van der Waals surface area contributed by atoms with Crippen LogP contribution in [0.15, 0.2) is 55.4 Å². The number of halogens is 4. The first-order chi connectivity index (χ1) is 13.7. The molecule has 0 saturated carbocycles. The van der Waals surface area contributed by atoms with Crippen molar-refractivity contribution in [1.82, 2.24) is 10.3 Å². The van der Waals surface area contributed by atoms with E-state index in [9.17, 15) is 22.4 Å². The number of hydrogen-bond acceptors (Lipinski definition) is 5. The highest BCUT2D eigenvalue weighted by Crippen LogP contribution is 2.31. The summed E-state index contributed by atoms with van der Waals surface area (Å²) in [5.74, 6) is -2.11. The van der Waals surface area contributed by atoms with E-state index in [2.05, 4.69) is 27.5 Å². The van der Waals surface area contributed by atoms with E-state index in [0.29, 0.717) is 18.0 Å². The van der Waals surface area contributed by atoms with Crippen molar-refractivity contribution in [3.05, 3.63) is 72.3 Å². The van der Waals surface area contributed by atoms with Crippen molar-refractivity contribution in [2.45, 2.75) is 6.18 Å². The molecule has 2 aromatic rings. The Morgan fingerprint density at radius 2 is 2.00 bits per heavy atom. The number of benzene rings is 1. The molecule has 1 amide bonds. The minimum Gasteiger partial charge on any atom is -0.394 e. The average molecular weight is 407 g/mol. The molecule has 0 fully saturated rings. The van der Waals surface area contributed by atoms with E-state index >= 15 is 0 Å². The van der Waals surface area contributed by atoms with Crippen molar-refractivity contribution in [1.29, 1.82) is 5.41 Å². The number of pyridine rings is 1. The second kappa shape index (κ2) is 9.00. The van der Waals surface area contributed by atoms with Gasteiger partial charge in [-0.05, 0) is 42.6 Å². The lowest BCUT2D eigenvalue weighted by atomic mass is 10.1. The maximum absolute atomic E-state index is 14.1. The van der Waals surface area contributed by atoms with Gasteiger partial charge in [0, 0.05) is 30.2 Å². The molecule has 0 bridgehead atoms. The molecule has 152 valence electrons. The third-order valence-corrected chi connectivity index (χ3v) is 3.60. The number of anilines is 3. The van der Waals surface area contributed by atoms with Crippen molar-refractivity contribution >= 4 is 28.8 Å². The number of allylic oxidation sites excluding steroid dienone is 1. The fourth-order valence-electron chi connectivity index (χ4n) is 2.22. The predicted molar refractivity (Wildman–Crippen MR) is 103 cm³/mol. The van der Waals surface area contributed by atoms with Gasteiger partial charge in [-0.15, -0.1) is 0 Å². The van der Waals surface area contributed by atoms with E-state index in [0.717, 1.165) is 6.08 Å². The van der Waals surface area contributed by atoms with E-state index in [1.165, 1.54) is 30.5 Å². The van der Waals surface area contributed by atoms with Gasteiger partial charge in [-0.2, -0.15) is 13.2 Å². The summed E-state index contributed by atoms with van der Waals surface area (Å²) in [6, 6.07) is 4.70. The van der Waals surface area contributed by atoms with Crippen LogP contribution in [0.2, 0.25) is 0 Å². The van der Waals surface area contributed by atoms with Crippen molar-refractivity contribution in [2.75, 3.05) is 17.7 Å². The highest BCUT2D eigenvalue weighted by atomic mass is 19.4. The van der Waals surface area contributed by atoms with Crippen molar-refractivity contribution in [3.63, 3.8) is 0 Å². The molecule has 0 radical (unpaired) electrons. The molecule has 0 atom stereocenters.